The highest BCUT2D eigenvalue weighted by atomic mass is 19.4. The number of hydrogen-bond acceptors (Lipinski definition) is 6. The van der Waals surface area contributed by atoms with Gasteiger partial charge in [0, 0.05) is 42.3 Å². The standard InChI is InChI=1S/C26H21F7N4O5/c1-41-15-8-17(27)20(18(28)9-15)16-11-37(19-10-34-12-36(23(19)39)7-6-26(31,32)33)24(40)21(16)35-22(38)13-2-4-14(5-3-13)42-25(29)30/h2-5,8-10,12,16,21,25H,6-7,11H2,1H3,(H,35,38)/t16-,21-/m0/s1. The molecule has 224 valence electrons. The van der Waals surface area contributed by atoms with E-state index < -0.39 is 84.5 Å². The highest BCUT2D eigenvalue weighted by molar-refractivity contribution is 6.04. The van der Waals surface area contributed by atoms with Crippen molar-refractivity contribution in [3.05, 3.63) is 82.0 Å². The van der Waals surface area contributed by atoms with Crippen LogP contribution >= 0.6 is 0 Å². The average Bonchev–Trinajstić information content (AvgIpc) is 3.22. The topological polar surface area (TPSA) is 103 Å². The summed E-state index contributed by atoms with van der Waals surface area (Å²) in [6.45, 7) is -4.49. The monoisotopic (exact) mass is 602 g/mol. The zero-order valence-electron chi connectivity index (χ0n) is 21.5. The minimum absolute atomic E-state index is 0.131. The predicted molar refractivity (Wildman–Crippen MR) is 132 cm³/mol. The second-order valence-corrected chi connectivity index (χ2v) is 9.06. The second-order valence-electron chi connectivity index (χ2n) is 9.06. The number of nitrogens with one attached hydrogen (secondary N) is 1. The fourth-order valence-corrected chi connectivity index (χ4v) is 4.45. The lowest BCUT2D eigenvalue weighted by Crippen LogP contribution is -2.44. The summed E-state index contributed by atoms with van der Waals surface area (Å²) >= 11 is 0. The minimum Gasteiger partial charge on any atom is -0.497 e. The summed E-state index contributed by atoms with van der Waals surface area (Å²) in [5.74, 6) is -6.08. The van der Waals surface area contributed by atoms with Crippen LogP contribution in [0.1, 0.15) is 28.3 Å². The van der Waals surface area contributed by atoms with E-state index in [0.29, 0.717) is 4.57 Å². The van der Waals surface area contributed by atoms with Crippen LogP contribution in [0, 0.1) is 11.6 Å². The van der Waals surface area contributed by atoms with Gasteiger partial charge in [-0.3, -0.25) is 19.0 Å². The van der Waals surface area contributed by atoms with E-state index in [4.69, 9.17) is 4.74 Å². The summed E-state index contributed by atoms with van der Waals surface area (Å²) in [5.41, 5.74) is -2.26. The molecule has 16 heteroatoms. The lowest BCUT2D eigenvalue weighted by Gasteiger charge is -2.20. The lowest BCUT2D eigenvalue weighted by atomic mass is 9.92. The van der Waals surface area contributed by atoms with Crippen molar-refractivity contribution in [1.82, 2.24) is 14.9 Å². The Balaban J connectivity index is 1.70. The van der Waals surface area contributed by atoms with Crippen LogP contribution in [0.3, 0.4) is 0 Å². The first kappa shape index (κ1) is 30.3. The molecule has 1 N–H and O–H groups in total. The number of anilines is 1. The molecule has 42 heavy (non-hydrogen) atoms. The summed E-state index contributed by atoms with van der Waals surface area (Å²) in [4.78, 5) is 44.0. The van der Waals surface area contributed by atoms with E-state index in [9.17, 15) is 36.3 Å². The fourth-order valence-electron chi connectivity index (χ4n) is 4.45. The third-order valence-corrected chi connectivity index (χ3v) is 6.41. The Labute approximate surface area is 232 Å². The van der Waals surface area contributed by atoms with Crippen molar-refractivity contribution in [2.75, 3.05) is 18.6 Å². The Hall–Kier alpha value is -4.63. The number of alkyl halides is 5. The first-order valence-corrected chi connectivity index (χ1v) is 12.1. The summed E-state index contributed by atoms with van der Waals surface area (Å²) in [6.07, 6.45) is -4.20. The molecule has 0 radical (unpaired) electrons. The normalized spacial score (nSPS) is 17.1. The number of carbonyl (C=O) groups excluding carboxylic acids is 2. The second kappa shape index (κ2) is 12.1. The van der Waals surface area contributed by atoms with E-state index in [2.05, 4.69) is 15.0 Å². The number of ether oxygens (including phenoxy) is 2. The van der Waals surface area contributed by atoms with Crippen molar-refractivity contribution in [2.45, 2.75) is 37.7 Å². The molecule has 0 bridgehead atoms. The van der Waals surface area contributed by atoms with Gasteiger partial charge in [-0.05, 0) is 24.3 Å². The molecular weight excluding hydrogens is 581 g/mol. The number of nitrogens with zero attached hydrogens (tertiary/aromatic N) is 3. The van der Waals surface area contributed by atoms with Gasteiger partial charge in [0.1, 0.15) is 34.9 Å². The first-order chi connectivity index (χ1) is 19.8. The molecule has 4 rings (SSSR count). The summed E-state index contributed by atoms with van der Waals surface area (Å²) in [7, 11) is 1.17. The van der Waals surface area contributed by atoms with Crippen LogP contribution in [0.2, 0.25) is 0 Å². The number of benzene rings is 2. The molecule has 0 aliphatic carbocycles. The number of amides is 2. The average molecular weight is 602 g/mol. The van der Waals surface area contributed by atoms with Gasteiger partial charge in [0.2, 0.25) is 5.91 Å². The maximum atomic E-state index is 15.1. The molecule has 1 fully saturated rings. The van der Waals surface area contributed by atoms with Crippen molar-refractivity contribution >= 4 is 17.5 Å². The largest absolute Gasteiger partial charge is 0.497 e. The van der Waals surface area contributed by atoms with Gasteiger partial charge in [-0.25, -0.2) is 13.8 Å². The van der Waals surface area contributed by atoms with Crippen LogP contribution in [0.5, 0.6) is 11.5 Å². The van der Waals surface area contributed by atoms with E-state index >= 15 is 8.78 Å². The van der Waals surface area contributed by atoms with Gasteiger partial charge in [0.15, 0.2) is 0 Å². The molecule has 3 aromatic rings. The van der Waals surface area contributed by atoms with Crippen LogP contribution in [0.25, 0.3) is 0 Å². The van der Waals surface area contributed by atoms with E-state index in [0.717, 1.165) is 53.8 Å². The predicted octanol–water partition coefficient (Wildman–Crippen LogP) is 4.01. The first-order valence-electron chi connectivity index (χ1n) is 12.1. The third-order valence-electron chi connectivity index (χ3n) is 6.41. The number of halogens is 7. The zero-order chi connectivity index (χ0) is 30.8. The number of methoxy groups -OCH3 is 1. The number of rotatable bonds is 9. The van der Waals surface area contributed by atoms with Crippen molar-refractivity contribution in [3.8, 4) is 11.5 Å². The molecule has 0 saturated carbocycles. The maximum Gasteiger partial charge on any atom is 0.390 e. The molecule has 2 aromatic carbocycles. The van der Waals surface area contributed by atoms with Crippen molar-refractivity contribution < 1.29 is 49.8 Å². The molecule has 2 atom stereocenters. The molecular formula is C26H21F7N4O5. The number of aromatic nitrogens is 2. The molecule has 0 spiro atoms. The van der Waals surface area contributed by atoms with Gasteiger partial charge >= 0.3 is 12.8 Å². The van der Waals surface area contributed by atoms with Crippen molar-refractivity contribution in [2.24, 2.45) is 0 Å². The van der Waals surface area contributed by atoms with E-state index in [1.807, 2.05) is 0 Å². The molecule has 9 nitrogen and oxygen atoms in total. The summed E-state index contributed by atoms with van der Waals surface area (Å²) < 4.78 is 103. The van der Waals surface area contributed by atoms with Gasteiger partial charge in [0.25, 0.3) is 11.5 Å². The smallest absolute Gasteiger partial charge is 0.390 e. The SMILES string of the molecule is COc1cc(F)c([C@@H]2CN(c3cncn(CCC(F)(F)F)c3=O)C(=O)[C@H]2NC(=O)c2ccc(OC(F)F)cc2)c(F)c1. The van der Waals surface area contributed by atoms with Gasteiger partial charge in [0.05, 0.1) is 26.1 Å². The summed E-state index contributed by atoms with van der Waals surface area (Å²) in [5, 5.41) is 2.35. The van der Waals surface area contributed by atoms with Gasteiger partial charge in [-0.2, -0.15) is 22.0 Å². The van der Waals surface area contributed by atoms with Crippen LogP contribution < -0.4 is 25.2 Å². The highest BCUT2D eigenvalue weighted by Crippen LogP contribution is 2.36. The Bertz CT molecular complexity index is 1510. The quantitative estimate of drug-likeness (QED) is 0.372. The molecule has 1 aromatic heterocycles. The molecule has 0 unspecified atom stereocenters. The molecule has 2 heterocycles. The minimum atomic E-state index is -4.59. The lowest BCUT2D eigenvalue weighted by molar-refractivity contribution is -0.136. The fraction of sp³-hybridized carbons (Fsp3) is 0.308. The van der Waals surface area contributed by atoms with Gasteiger partial charge in [-0.1, -0.05) is 0 Å². The number of hydrogen-bond donors (Lipinski definition) is 1. The van der Waals surface area contributed by atoms with E-state index in [1.54, 1.807) is 0 Å². The third kappa shape index (κ3) is 6.63. The number of carbonyl (C=O) groups is 2. The Morgan fingerprint density at radius 3 is 2.31 bits per heavy atom. The zero-order valence-corrected chi connectivity index (χ0v) is 21.5. The Morgan fingerprint density at radius 2 is 1.74 bits per heavy atom. The van der Waals surface area contributed by atoms with Gasteiger partial charge in [-0.15, -0.1) is 0 Å². The summed E-state index contributed by atoms with van der Waals surface area (Å²) in [6, 6.07) is 4.35. The molecule has 1 aliphatic rings. The molecule has 1 saturated heterocycles. The molecule has 2 amide bonds. The van der Waals surface area contributed by atoms with Crippen LogP contribution in [0.15, 0.2) is 53.7 Å². The van der Waals surface area contributed by atoms with Gasteiger partial charge < -0.3 is 19.7 Å². The number of aryl methyl sites for hydroxylation is 1. The van der Waals surface area contributed by atoms with E-state index in [1.165, 1.54) is 7.11 Å². The van der Waals surface area contributed by atoms with Crippen molar-refractivity contribution in [3.63, 3.8) is 0 Å². The van der Waals surface area contributed by atoms with E-state index in [-0.39, 0.29) is 17.1 Å². The maximum absolute atomic E-state index is 15.1. The van der Waals surface area contributed by atoms with Crippen LogP contribution in [0.4, 0.5) is 36.4 Å². The highest BCUT2D eigenvalue weighted by Gasteiger charge is 2.46. The Kier molecular flexibility index (Phi) is 8.72. The van der Waals surface area contributed by atoms with Crippen LogP contribution in [-0.4, -0.2) is 53.8 Å². The Morgan fingerprint density at radius 1 is 1.10 bits per heavy atom. The van der Waals surface area contributed by atoms with Crippen molar-refractivity contribution in [1.29, 1.82) is 0 Å². The van der Waals surface area contributed by atoms with Crippen LogP contribution in [-0.2, 0) is 11.3 Å². The molecule has 1 aliphatic heterocycles.